The van der Waals surface area contributed by atoms with E-state index in [1.165, 1.54) is 5.75 Å². The van der Waals surface area contributed by atoms with Crippen LogP contribution in [0.5, 0.6) is 0 Å². The van der Waals surface area contributed by atoms with Crippen molar-refractivity contribution in [1.82, 2.24) is 5.32 Å². The molecule has 0 bridgehead atoms. The summed E-state index contributed by atoms with van der Waals surface area (Å²) in [6.07, 6.45) is 5.17. The van der Waals surface area contributed by atoms with Gasteiger partial charge in [-0.05, 0) is 6.92 Å². The molecule has 0 rings (SSSR count). The highest BCUT2D eigenvalue weighted by molar-refractivity contribution is 8.00. The second kappa shape index (κ2) is 8.38. The third kappa shape index (κ3) is 12.2. The first kappa shape index (κ1) is 15.2. The van der Waals surface area contributed by atoms with Gasteiger partial charge in [-0.3, -0.25) is 0 Å². The van der Waals surface area contributed by atoms with Gasteiger partial charge >= 0.3 is 0 Å². The van der Waals surface area contributed by atoms with E-state index in [9.17, 15) is 0 Å². The molecular formula is C12H23NS2. The van der Waals surface area contributed by atoms with Gasteiger partial charge in [0.2, 0.25) is 0 Å². The van der Waals surface area contributed by atoms with E-state index in [2.05, 4.69) is 38.9 Å². The Morgan fingerprint density at radius 1 is 1.40 bits per heavy atom. The SMILES string of the molecule is C#CCSCCNC(C)CSC(C)(C)C. The molecule has 0 radical (unpaired) electrons. The lowest BCUT2D eigenvalue weighted by molar-refractivity contribution is 0.620. The minimum absolute atomic E-state index is 0.369. The van der Waals surface area contributed by atoms with Gasteiger partial charge in [-0.1, -0.05) is 26.7 Å². The predicted molar refractivity (Wildman–Crippen MR) is 75.8 cm³/mol. The lowest BCUT2D eigenvalue weighted by Gasteiger charge is -2.21. The highest BCUT2D eigenvalue weighted by Crippen LogP contribution is 2.23. The summed E-state index contributed by atoms with van der Waals surface area (Å²) in [4.78, 5) is 0. The monoisotopic (exact) mass is 245 g/mol. The first-order chi connectivity index (χ1) is 6.95. The average molecular weight is 245 g/mol. The fraction of sp³-hybridized carbons (Fsp3) is 0.833. The highest BCUT2D eigenvalue weighted by Gasteiger charge is 2.12. The summed E-state index contributed by atoms with van der Waals surface area (Å²) in [5.41, 5.74) is 0. The molecule has 1 N–H and O–H groups in total. The Balaban J connectivity index is 3.34. The van der Waals surface area contributed by atoms with Crippen molar-refractivity contribution in [2.45, 2.75) is 38.5 Å². The summed E-state index contributed by atoms with van der Waals surface area (Å²) in [5.74, 6) is 5.73. The van der Waals surface area contributed by atoms with Crippen molar-refractivity contribution in [1.29, 1.82) is 0 Å². The van der Waals surface area contributed by atoms with Gasteiger partial charge in [-0.15, -0.1) is 18.2 Å². The van der Waals surface area contributed by atoms with Crippen molar-refractivity contribution in [3.63, 3.8) is 0 Å². The molecule has 0 aliphatic carbocycles. The molecule has 0 spiro atoms. The van der Waals surface area contributed by atoms with Crippen LogP contribution >= 0.6 is 23.5 Å². The molecule has 1 unspecified atom stereocenters. The average Bonchev–Trinajstić information content (AvgIpc) is 2.13. The Hall–Kier alpha value is 0.220. The number of rotatable bonds is 7. The topological polar surface area (TPSA) is 12.0 Å². The summed E-state index contributed by atoms with van der Waals surface area (Å²) in [6, 6.07) is 0.584. The van der Waals surface area contributed by atoms with Crippen molar-refractivity contribution < 1.29 is 0 Å². The van der Waals surface area contributed by atoms with E-state index in [4.69, 9.17) is 6.42 Å². The number of terminal acetylenes is 1. The molecule has 0 saturated heterocycles. The summed E-state index contributed by atoms with van der Waals surface area (Å²) in [5, 5.41) is 3.50. The molecule has 15 heavy (non-hydrogen) atoms. The van der Waals surface area contributed by atoms with E-state index in [1.54, 1.807) is 0 Å². The number of hydrogen-bond donors (Lipinski definition) is 1. The van der Waals surface area contributed by atoms with Gasteiger partial charge in [-0.25, -0.2) is 0 Å². The summed E-state index contributed by atoms with van der Waals surface area (Å²) >= 11 is 3.82. The lowest BCUT2D eigenvalue weighted by Crippen LogP contribution is -2.31. The van der Waals surface area contributed by atoms with E-state index in [-0.39, 0.29) is 0 Å². The van der Waals surface area contributed by atoms with E-state index in [0.29, 0.717) is 10.8 Å². The van der Waals surface area contributed by atoms with E-state index >= 15 is 0 Å². The van der Waals surface area contributed by atoms with Crippen LogP contribution in [0.3, 0.4) is 0 Å². The van der Waals surface area contributed by atoms with Crippen LogP contribution in [0, 0.1) is 12.3 Å². The van der Waals surface area contributed by atoms with Crippen molar-refractivity contribution in [3.05, 3.63) is 0 Å². The van der Waals surface area contributed by atoms with Gasteiger partial charge in [0.25, 0.3) is 0 Å². The molecule has 0 aromatic carbocycles. The van der Waals surface area contributed by atoms with Crippen LogP contribution in [0.1, 0.15) is 27.7 Å². The summed E-state index contributed by atoms with van der Waals surface area (Å²) < 4.78 is 0.369. The minimum atomic E-state index is 0.369. The summed E-state index contributed by atoms with van der Waals surface area (Å²) in [7, 11) is 0. The fourth-order valence-electron chi connectivity index (χ4n) is 0.943. The lowest BCUT2D eigenvalue weighted by atomic mass is 10.3. The van der Waals surface area contributed by atoms with Crippen molar-refractivity contribution in [2.24, 2.45) is 0 Å². The van der Waals surface area contributed by atoms with Crippen LogP contribution in [-0.2, 0) is 0 Å². The third-order valence-electron chi connectivity index (χ3n) is 1.69. The third-order valence-corrected chi connectivity index (χ3v) is 4.09. The maximum absolute atomic E-state index is 5.17. The van der Waals surface area contributed by atoms with Gasteiger partial charge < -0.3 is 5.32 Å². The molecule has 0 aromatic rings. The molecular weight excluding hydrogens is 222 g/mol. The van der Waals surface area contributed by atoms with Crippen molar-refractivity contribution in [2.75, 3.05) is 23.8 Å². The van der Waals surface area contributed by atoms with E-state index in [1.807, 2.05) is 23.5 Å². The molecule has 0 heterocycles. The molecule has 1 nitrogen and oxygen atoms in total. The largest absolute Gasteiger partial charge is 0.313 e. The smallest absolute Gasteiger partial charge is 0.0545 e. The van der Waals surface area contributed by atoms with Crippen LogP contribution in [0.2, 0.25) is 0 Å². The Kier molecular flexibility index (Phi) is 8.50. The van der Waals surface area contributed by atoms with Crippen LogP contribution in [0.25, 0.3) is 0 Å². The highest BCUT2D eigenvalue weighted by atomic mass is 32.2. The Labute approximate surface area is 104 Å². The van der Waals surface area contributed by atoms with Crippen LogP contribution in [0.4, 0.5) is 0 Å². The predicted octanol–water partition coefficient (Wildman–Crippen LogP) is 2.86. The number of hydrogen-bond acceptors (Lipinski definition) is 3. The molecule has 0 fully saturated rings. The van der Waals surface area contributed by atoms with Crippen LogP contribution in [0.15, 0.2) is 0 Å². The quantitative estimate of drug-likeness (QED) is 0.547. The van der Waals surface area contributed by atoms with E-state index in [0.717, 1.165) is 18.1 Å². The van der Waals surface area contributed by atoms with Gasteiger partial charge in [0.1, 0.15) is 0 Å². The Morgan fingerprint density at radius 2 is 2.07 bits per heavy atom. The molecule has 0 aliphatic rings. The van der Waals surface area contributed by atoms with Crippen LogP contribution < -0.4 is 5.32 Å². The number of thioether (sulfide) groups is 2. The van der Waals surface area contributed by atoms with Gasteiger partial charge in [0.15, 0.2) is 0 Å². The van der Waals surface area contributed by atoms with Gasteiger partial charge in [0.05, 0.1) is 5.75 Å². The fourth-order valence-corrected chi connectivity index (χ4v) is 2.33. The molecule has 0 aromatic heterocycles. The Morgan fingerprint density at radius 3 is 2.60 bits per heavy atom. The standard InChI is InChI=1S/C12H23NS2/c1-6-8-14-9-7-13-11(2)10-15-12(3,4)5/h1,11,13H,7-10H2,2-5H3. The normalized spacial score (nSPS) is 13.5. The summed E-state index contributed by atoms with van der Waals surface area (Å²) in [6.45, 7) is 10.1. The first-order valence-corrected chi connectivity index (χ1v) is 7.48. The second-order valence-electron chi connectivity index (χ2n) is 4.54. The van der Waals surface area contributed by atoms with Crippen molar-refractivity contribution >= 4 is 23.5 Å². The van der Waals surface area contributed by atoms with E-state index < -0.39 is 0 Å². The number of nitrogens with one attached hydrogen (secondary N) is 1. The second-order valence-corrected chi connectivity index (χ2v) is 7.49. The van der Waals surface area contributed by atoms with Crippen LogP contribution in [-0.4, -0.2) is 34.6 Å². The molecule has 3 heteroatoms. The minimum Gasteiger partial charge on any atom is -0.313 e. The molecule has 0 aliphatic heterocycles. The first-order valence-electron chi connectivity index (χ1n) is 5.34. The van der Waals surface area contributed by atoms with Gasteiger partial charge in [0, 0.05) is 28.8 Å². The molecule has 0 amide bonds. The maximum atomic E-state index is 5.17. The molecule has 1 atom stereocenters. The molecule has 88 valence electrons. The van der Waals surface area contributed by atoms with Gasteiger partial charge in [-0.2, -0.15) is 11.8 Å². The zero-order chi connectivity index (χ0) is 11.7. The maximum Gasteiger partial charge on any atom is 0.0545 e. The zero-order valence-corrected chi connectivity index (χ0v) is 11.9. The van der Waals surface area contributed by atoms with Crippen molar-refractivity contribution in [3.8, 4) is 12.3 Å². The Bertz CT molecular complexity index is 191. The zero-order valence-electron chi connectivity index (χ0n) is 10.3. The molecule has 0 saturated carbocycles.